The predicted molar refractivity (Wildman–Crippen MR) is 85.6 cm³/mol. The van der Waals surface area contributed by atoms with Crippen molar-refractivity contribution in [2.75, 3.05) is 0 Å². The lowest BCUT2D eigenvalue weighted by atomic mass is 9.70. The molecule has 2 nitrogen and oxygen atoms in total. The number of halogens is 3. The number of hydrogen-bond donors (Lipinski definition) is 0. The van der Waals surface area contributed by atoms with Crippen LogP contribution >= 0.6 is 0 Å². The van der Waals surface area contributed by atoms with Crippen molar-refractivity contribution in [3.05, 3.63) is 47.2 Å². The lowest BCUT2D eigenvalue weighted by Gasteiger charge is -2.33. The zero-order valence-electron chi connectivity index (χ0n) is 13.9. The highest BCUT2D eigenvalue weighted by Gasteiger charge is 2.60. The molecule has 0 spiro atoms. The number of alkyl halides is 3. The van der Waals surface area contributed by atoms with Gasteiger partial charge in [0.2, 0.25) is 0 Å². The Morgan fingerprint density at radius 1 is 1.04 bits per heavy atom. The van der Waals surface area contributed by atoms with Crippen molar-refractivity contribution in [1.29, 1.82) is 0 Å². The molecule has 4 rings (SSSR count). The molecule has 2 atom stereocenters. The summed E-state index contributed by atoms with van der Waals surface area (Å²) in [6, 6.07) is 7.17. The predicted octanol–water partition coefficient (Wildman–Crippen LogP) is 5.34. The lowest BCUT2D eigenvalue weighted by Crippen LogP contribution is -2.32. The van der Waals surface area contributed by atoms with Crippen LogP contribution in [0.3, 0.4) is 0 Å². The van der Waals surface area contributed by atoms with Gasteiger partial charge in [-0.1, -0.05) is 32.9 Å². The van der Waals surface area contributed by atoms with Crippen LogP contribution < -0.4 is 0 Å². The van der Waals surface area contributed by atoms with Crippen LogP contribution in [0, 0.1) is 5.41 Å². The highest BCUT2D eigenvalue weighted by molar-refractivity contribution is 5.62. The van der Waals surface area contributed by atoms with E-state index in [4.69, 9.17) is 0 Å². The topological polar surface area (TPSA) is 25.8 Å². The minimum atomic E-state index is -4.32. The van der Waals surface area contributed by atoms with Gasteiger partial charge in [-0.15, -0.1) is 0 Å². The van der Waals surface area contributed by atoms with Crippen LogP contribution in [0.25, 0.3) is 11.3 Å². The largest absolute Gasteiger partial charge is 0.416 e. The van der Waals surface area contributed by atoms with E-state index in [0.717, 1.165) is 30.7 Å². The van der Waals surface area contributed by atoms with Crippen LogP contribution in [0.2, 0.25) is 0 Å². The summed E-state index contributed by atoms with van der Waals surface area (Å²) in [5.41, 5.74) is 3.14. The molecule has 2 unspecified atom stereocenters. The van der Waals surface area contributed by atoms with E-state index in [0.29, 0.717) is 17.2 Å². The zero-order chi connectivity index (χ0) is 17.3. The molecule has 126 valence electrons. The Balaban J connectivity index is 1.75. The maximum absolute atomic E-state index is 12.7. The van der Waals surface area contributed by atoms with Crippen molar-refractivity contribution in [3.8, 4) is 11.3 Å². The molecule has 0 aliphatic heterocycles. The summed E-state index contributed by atoms with van der Waals surface area (Å²) in [5, 5.41) is 8.80. The molecule has 2 bridgehead atoms. The molecule has 0 N–H and O–H groups in total. The molecule has 1 fully saturated rings. The average molecular weight is 332 g/mol. The van der Waals surface area contributed by atoms with Gasteiger partial charge in [-0.05, 0) is 47.9 Å². The number of nitrogens with zero attached hydrogens (tertiary/aromatic N) is 2. The third-order valence-corrected chi connectivity index (χ3v) is 6.46. The normalized spacial score (nSPS) is 27.3. The summed E-state index contributed by atoms with van der Waals surface area (Å²) >= 11 is 0. The summed E-state index contributed by atoms with van der Waals surface area (Å²) in [6.45, 7) is 6.82. The maximum Gasteiger partial charge on any atom is 0.416 e. The Labute approximate surface area is 139 Å². The molecule has 1 saturated carbocycles. The molecule has 2 aromatic rings. The summed E-state index contributed by atoms with van der Waals surface area (Å²) in [7, 11) is 0. The summed E-state index contributed by atoms with van der Waals surface area (Å²) in [4.78, 5) is 0. The number of rotatable bonds is 1. The van der Waals surface area contributed by atoms with Gasteiger partial charge in [-0.2, -0.15) is 23.4 Å². The zero-order valence-corrected chi connectivity index (χ0v) is 13.9. The van der Waals surface area contributed by atoms with Gasteiger partial charge in [0.1, 0.15) is 0 Å². The molecule has 0 amide bonds. The highest BCUT2D eigenvalue weighted by atomic mass is 19.4. The van der Waals surface area contributed by atoms with Crippen LogP contribution in [0.4, 0.5) is 13.2 Å². The van der Waals surface area contributed by atoms with Crippen LogP contribution in [0.1, 0.15) is 56.4 Å². The molecule has 1 heterocycles. The first-order valence-corrected chi connectivity index (χ1v) is 8.20. The SMILES string of the molecule is CC12CCC(c3cc(-c4ccc(C(F)(F)F)cc4)nnc31)C2(C)C. The van der Waals surface area contributed by atoms with Crippen molar-refractivity contribution in [2.45, 2.75) is 51.1 Å². The van der Waals surface area contributed by atoms with Gasteiger partial charge in [0.25, 0.3) is 0 Å². The van der Waals surface area contributed by atoms with Crippen molar-refractivity contribution >= 4 is 0 Å². The first kappa shape index (κ1) is 15.6. The monoisotopic (exact) mass is 332 g/mol. The third-order valence-electron chi connectivity index (χ3n) is 6.46. The summed E-state index contributed by atoms with van der Waals surface area (Å²) in [6.07, 6.45) is -2.07. The van der Waals surface area contributed by atoms with Gasteiger partial charge in [-0.25, -0.2) is 0 Å². The van der Waals surface area contributed by atoms with Gasteiger partial charge in [0.05, 0.1) is 17.0 Å². The Morgan fingerprint density at radius 3 is 2.33 bits per heavy atom. The van der Waals surface area contributed by atoms with Crippen LogP contribution in [-0.2, 0) is 11.6 Å². The van der Waals surface area contributed by atoms with Crippen LogP contribution in [-0.4, -0.2) is 10.2 Å². The van der Waals surface area contributed by atoms with Crippen molar-refractivity contribution in [1.82, 2.24) is 10.2 Å². The number of hydrogen-bond acceptors (Lipinski definition) is 2. The highest BCUT2D eigenvalue weighted by Crippen LogP contribution is 2.67. The van der Waals surface area contributed by atoms with Gasteiger partial charge < -0.3 is 0 Å². The number of aromatic nitrogens is 2. The first-order chi connectivity index (χ1) is 11.1. The number of fused-ring (bicyclic) bond motifs is 5. The molecule has 0 radical (unpaired) electrons. The van der Waals surface area contributed by atoms with Crippen molar-refractivity contribution in [3.63, 3.8) is 0 Å². The van der Waals surface area contributed by atoms with Gasteiger partial charge in [0, 0.05) is 11.0 Å². The molecule has 0 saturated heterocycles. The number of benzene rings is 1. The second-order valence-electron chi connectivity index (χ2n) is 7.75. The quantitative estimate of drug-likeness (QED) is 0.705. The van der Waals surface area contributed by atoms with E-state index in [1.54, 1.807) is 0 Å². The first-order valence-electron chi connectivity index (χ1n) is 8.20. The van der Waals surface area contributed by atoms with Crippen molar-refractivity contribution in [2.24, 2.45) is 5.41 Å². The van der Waals surface area contributed by atoms with E-state index < -0.39 is 11.7 Å². The van der Waals surface area contributed by atoms with E-state index in [2.05, 4.69) is 31.0 Å². The standard InChI is InChI=1S/C19H19F3N2/c1-17(2)14-8-9-18(17,3)16-13(14)10-15(23-24-16)11-4-6-12(7-5-11)19(20,21)22/h4-7,10,14H,8-9H2,1-3H3. The molecule has 1 aromatic heterocycles. The van der Waals surface area contributed by atoms with Crippen molar-refractivity contribution < 1.29 is 13.2 Å². The summed E-state index contributed by atoms with van der Waals surface area (Å²) < 4.78 is 38.1. The molecule has 2 aliphatic carbocycles. The van der Waals surface area contributed by atoms with E-state index in [1.165, 1.54) is 17.7 Å². The fourth-order valence-corrected chi connectivity index (χ4v) is 4.54. The van der Waals surface area contributed by atoms with Crippen LogP contribution in [0.15, 0.2) is 30.3 Å². The fourth-order valence-electron chi connectivity index (χ4n) is 4.54. The molecule has 2 aliphatic rings. The Hall–Kier alpha value is -1.91. The van der Waals surface area contributed by atoms with Crippen LogP contribution in [0.5, 0.6) is 0 Å². The second kappa shape index (κ2) is 4.58. The summed E-state index contributed by atoms with van der Waals surface area (Å²) in [5.74, 6) is 0.446. The second-order valence-corrected chi connectivity index (χ2v) is 7.75. The molecule has 24 heavy (non-hydrogen) atoms. The van der Waals surface area contributed by atoms with Gasteiger partial charge >= 0.3 is 6.18 Å². The Kier molecular flexibility index (Phi) is 2.98. The fraction of sp³-hybridized carbons (Fsp3) is 0.474. The maximum atomic E-state index is 12.7. The molecular formula is C19H19F3N2. The minimum absolute atomic E-state index is 0.0403. The van der Waals surface area contributed by atoms with E-state index in [-0.39, 0.29) is 10.8 Å². The van der Waals surface area contributed by atoms with E-state index in [9.17, 15) is 13.2 Å². The minimum Gasteiger partial charge on any atom is -0.166 e. The lowest BCUT2D eigenvalue weighted by molar-refractivity contribution is -0.137. The van der Waals surface area contributed by atoms with Gasteiger partial charge in [-0.3, -0.25) is 0 Å². The third kappa shape index (κ3) is 1.90. The molecule has 1 aromatic carbocycles. The average Bonchev–Trinajstić information content (AvgIpc) is 2.86. The molecule has 5 heteroatoms. The Morgan fingerprint density at radius 2 is 1.71 bits per heavy atom. The van der Waals surface area contributed by atoms with E-state index in [1.807, 2.05) is 6.07 Å². The molecular weight excluding hydrogens is 313 g/mol. The Bertz CT molecular complexity index is 808. The van der Waals surface area contributed by atoms with Gasteiger partial charge in [0.15, 0.2) is 0 Å². The van der Waals surface area contributed by atoms with E-state index >= 15 is 0 Å². The smallest absolute Gasteiger partial charge is 0.166 e.